The summed E-state index contributed by atoms with van der Waals surface area (Å²) < 4.78 is 1.01. The SMILES string of the molecule is Cc1ccccc1CC1SC(=Nc2ccc(Br)cc2)NC1=O. The maximum Gasteiger partial charge on any atom is 0.239 e. The summed E-state index contributed by atoms with van der Waals surface area (Å²) in [5.41, 5.74) is 3.26. The van der Waals surface area contributed by atoms with Gasteiger partial charge in [0.05, 0.1) is 10.9 Å². The first-order valence-corrected chi connectivity index (χ1v) is 8.65. The van der Waals surface area contributed by atoms with Crippen LogP contribution in [0.5, 0.6) is 0 Å². The van der Waals surface area contributed by atoms with E-state index in [4.69, 9.17) is 0 Å². The van der Waals surface area contributed by atoms with Crippen LogP contribution in [0.1, 0.15) is 11.1 Å². The van der Waals surface area contributed by atoms with Gasteiger partial charge in [0.1, 0.15) is 0 Å². The fourth-order valence-electron chi connectivity index (χ4n) is 2.26. The smallest absolute Gasteiger partial charge is 0.239 e. The molecule has 0 radical (unpaired) electrons. The van der Waals surface area contributed by atoms with E-state index in [-0.39, 0.29) is 11.2 Å². The van der Waals surface area contributed by atoms with Crippen molar-refractivity contribution in [3.05, 3.63) is 64.1 Å². The monoisotopic (exact) mass is 374 g/mol. The molecule has 3 rings (SSSR count). The van der Waals surface area contributed by atoms with Gasteiger partial charge in [-0.1, -0.05) is 52.0 Å². The molecule has 1 fully saturated rings. The van der Waals surface area contributed by atoms with Crippen LogP contribution in [0, 0.1) is 6.92 Å². The fraction of sp³-hybridized carbons (Fsp3) is 0.176. The topological polar surface area (TPSA) is 41.5 Å². The van der Waals surface area contributed by atoms with Crippen LogP contribution in [0.2, 0.25) is 0 Å². The van der Waals surface area contributed by atoms with Crippen molar-refractivity contribution < 1.29 is 4.79 Å². The molecular formula is C17H15BrN2OS. The molecule has 1 amide bonds. The summed E-state index contributed by atoms with van der Waals surface area (Å²) in [6, 6.07) is 15.9. The standard InChI is InChI=1S/C17H15BrN2OS/c1-11-4-2-3-5-12(11)10-15-16(21)20-17(22-15)19-14-8-6-13(18)7-9-14/h2-9,15H,10H2,1H3,(H,19,20,21). The lowest BCUT2D eigenvalue weighted by molar-refractivity contribution is -0.118. The highest BCUT2D eigenvalue weighted by molar-refractivity contribution is 9.10. The lowest BCUT2D eigenvalue weighted by Gasteiger charge is -2.08. The molecule has 1 atom stereocenters. The summed E-state index contributed by atoms with van der Waals surface area (Å²) >= 11 is 4.90. The molecule has 0 spiro atoms. The van der Waals surface area contributed by atoms with Crippen molar-refractivity contribution in [2.75, 3.05) is 0 Å². The third-order valence-corrected chi connectivity index (χ3v) is 5.11. The van der Waals surface area contributed by atoms with E-state index in [1.807, 2.05) is 36.4 Å². The van der Waals surface area contributed by atoms with Crippen molar-refractivity contribution in [3.63, 3.8) is 0 Å². The van der Waals surface area contributed by atoms with Gasteiger partial charge in [0, 0.05) is 4.47 Å². The number of hydrogen-bond donors (Lipinski definition) is 1. The van der Waals surface area contributed by atoms with Gasteiger partial charge >= 0.3 is 0 Å². The van der Waals surface area contributed by atoms with Gasteiger partial charge in [0.25, 0.3) is 0 Å². The summed E-state index contributed by atoms with van der Waals surface area (Å²) in [4.78, 5) is 16.6. The Morgan fingerprint density at radius 1 is 1.18 bits per heavy atom. The molecule has 1 N–H and O–H groups in total. The van der Waals surface area contributed by atoms with Crippen molar-refractivity contribution >= 4 is 44.5 Å². The minimum Gasteiger partial charge on any atom is -0.304 e. The molecule has 112 valence electrons. The number of carbonyl (C=O) groups is 1. The number of carbonyl (C=O) groups excluding carboxylic acids is 1. The van der Waals surface area contributed by atoms with Gasteiger partial charge < -0.3 is 5.32 Å². The summed E-state index contributed by atoms with van der Waals surface area (Å²) in [5, 5.41) is 3.43. The number of amides is 1. The van der Waals surface area contributed by atoms with Gasteiger partial charge in [-0.3, -0.25) is 4.79 Å². The Kier molecular flexibility index (Phi) is 4.64. The molecule has 1 aliphatic rings. The van der Waals surface area contributed by atoms with Crippen molar-refractivity contribution in [2.45, 2.75) is 18.6 Å². The quantitative estimate of drug-likeness (QED) is 0.873. The fourth-order valence-corrected chi connectivity index (χ4v) is 3.54. The minimum atomic E-state index is -0.115. The summed E-state index contributed by atoms with van der Waals surface area (Å²) in [5.74, 6) is 0.0316. The zero-order valence-electron chi connectivity index (χ0n) is 12.0. The second-order valence-corrected chi connectivity index (χ2v) is 7.23. The average Bonchev–Trinajstić information content (AvgIpc) is 2.84. The summed E-state index contributed by atoms with van der Waals surface area (Å²) in [7, 11) is 0. The first kappa shape index (κ1) is 15.3. The normalized spacial score (nSPS) is 19.5. The molecule has 1 heterocycles. The number of nitrogens with zero attached hydrogens (tertiary/aromatic N) is 1. The number of nitrogens with one attached hydrogen (secondary N) is 1. The molecule has 3 nitrogen and oxygen atoms in total. The first-order chi connectivity index (χ1) is 10.6. The molecule has 2 aromatic carbocycles. The number of benzene rings is 2. The van der Waals surface area contributed by atoms with E-state index in [0.717, 1.165) is 16.6 Å². The van der Waals surface area contributed by atoms with Crippen LogP contribution < -0.4 is 5.32 Å². The van der Waals surface area contributed by atoms with Crippen LogP contribution >= 0.6 is 27.7 Å². The Bertz CT molecular complexity index is 728. The predicted molar refractivity (Wildman–Crippen MR) is 95.6 cm³/mol. The second-order valence-electron chi connectivity index (χ2n) is 5.12. The summed E-state index contributed by atoms with van der Waals surface area (Å²) in [6.07, 6.45) is 0.725. The Balaban J connectivity index is 1.73. The highest BCUT2D eigenvalue weighted by Crippen LogP contribution is 2.27. The largest absolute Gasteiger partial charge is 0.304 e. The van der Waals surface area contributed by atoms with Gasteiger partial charge in [-0.2, -0.15) is 0 Å². The van der Waals surface area contributed by atoms with Crippen molar-refractivity contribution in [2.24, 2.45) is 4.99 Å². The highest BCUT2D eigenvalue weighted by atomic mass is 79.9. The van der Waals surface area contributed by atoms with Crippen LogP contribution in [0.4, 0.5) is 5.69 Å². The van der Waals surface area contributed by atoms with Gasteiger partial charge in [-0.25, -0.2) is 4.99 Å². The number of hydrogen-bond acceptors (Lipinski definition) is 3. The number of halogens is 1. The number of amidine groups is 1. The molecule has 1 saturated heterocycles. The van der Waals surface area contributed by atoms with Gasteiger partial charge in [0.2, 0.25) is 5.91 Å². The van der Waals surface area contributed by atoms with E-state index in [1.165, 1.54) is 22.9 Å². The molecular weight excluding hydrogens is 360 g/mol. The van der Waals surface area contributed by atoms with E-state index >= 15 is 0 Å². The Morgan fingerprint density at radius 2 is 1.91 bits per heavy atom. The molecule has 0 aliphatic carbocycles. The number of thioether (sulfide) groups is 1. The molecule has 0 saturated carbocycles. The third-order valence-electron chi connectivity index (χ3n) is 3.50. The van der Waals surface area contributed by atoms with Gasteiger partial charge in [0.15, 0.2) is 5.17 Å². The molecule has 2 aromatic rings. The lowest BCUT2D eigenvalue weighted by Crippen LogP contribution is -2.26. The molecule has 22 heavy (non-hydrogen) atoms. The molecule has 1 unspecified atom stereocenters. The van der Waals surface area contributed by atoms with Crippen molar-refractivity contribution in [1.82, 2.24) is 5.32 Å². The maximum atomic E-state index is 12.1. The second kappa shape index (κ2) is 6.67. The predicted octanol–water partition coefficient (Wildman–Crippen LogP) is 4.22. The first-order valence-electron chi connectivity index (χ1n) is 6.98. The van der Waals surface area contributed by atoms with E-state index < -0.39 is 0 Å². The zero-order chi connectivity index (χ0) is 15.5. The van der Waals surface area contributed by atoms with Gasteiger partial charge in [-0.15, -0.1) is 0 Å². The lowest BCUT2D eigenvalue weighted by atomic mass is 10.0. The molecule has 0 aromatic heterocycles. The Morgan fingerprint density at radius 3 is 2.64 bits per heavy atom. The van der Waals surface area contributed by atoms with E-state index in [0.29, 0.717) is 5.17 Å². The average molecular weight is 375 g/mol. The van der Waals surface area contributed by atoms with Gasteiger partial charge in [-0.05, 0) is 48.7 Å². The number of aliphatic imine (C=N–C) groups is 1. The van der Waals surface area contributed by atoms with E-state index in [1.54, 1.807) is 0 Å². The molecule has 0 bridgehead atoms. The van der Waals surface area contributed by atoms with Crippen molar-refractivity contribution in [1.29, 1.82) is 0 Å². The van der Waals surface area contributed by atoms with Crippen LogP contribution in [0.3, 0.4) is 0 Å². The van der Waals surface area contributed by atoms with E-state index in [9.17, 15) is 4.79 Å². The molecule has 1 aliphatic heterocycles. The third kappa shape index (κ3) is 3.59. The van der Waals surface area contributed by atoms with E-state index in [2.05, 4.69) is 45.3 Å². The number of rotatable bonds is 3. The Labute approximate surface area is 142 Å². The van der Waals surface area contributed by atoms with Crippen LogP contribution in [-0.2, 0) is 11.2 Å². The minimum absolute atomic E-state index is 0.0316. The highest BCUT2D eigenvalue weighted by Gasteiger charge is 2.30. The molecule has 5 heteroatoms. The Hall–Kier alpha value is -1.59. The zero-order valence-corrected chi connectivity index (χ0v) is 14.4. The van der Waals surface area contributed by atoms with Crippen LogP contribution in [0.15, 0.2) is 58.0 Å². The maximum absolute atomic E-state index is 12.1. The number of aryl methyl sites for hydroxylation is 1. The van der Waals surface area contributed by atoms with Crippen LogP contribution in [-0.4, -0.2) is 16.3 Å². The van der Waals surface area contributed by atoms with Crippen molar-refractivity contribution in [3.8, 4) is 0 Å². The summed E-state index contributed by atoms with van der Waals surface area (Å²) in [6.45, 7) is 2.07. The van der Waals surface area contributed by atoms with Crippen LogP contribution in [0.25, 0.3) is 0 Å².